The number of nitrogens with one attached hydrogen (secondary N) is 1. The molecule has 5 heteroatoms. The predicted octanol–water partition coefficient (Wildman–Crippen LogP) is 1.78. The molecule has 0 bridgehead atoms. The smallest absolute Gasteiger partial charge is 0.127 e. The Labute approximate surface area is 114 Å². The quantitative estimate of drug-likeness (QED) is 0.607. The van der Waals surface area contributed by atoms with Crippen LogP contribution in [0.4, 0.5) is 0 Å². The third-order valence-corrected chi connectivity index (χ3v) is 3.54. The first-order chi connectivity index (χ1) is 9.30. The molecule has 1 heterocycles. The van der Waals surface area contributed by atoms with Crippen LogP contribution in [-0.4, -0.2) is 26.9 Å². The highest BCUT2D eigenvalue weighted by Crippen LogP contribution is 2.37. The maximum absolute atomic E-state index is 5.71. The van der Waals surface area contributed by atoms with Crippen LogP contribution < -0.4 is 20.7 Å². The third-order valence-electron chi connectivity index (χ3n) is 3.54. The Kier molecular flexibility index (Phi) is 5.01. The zero-order valence-corrected chi connectivity index (χ0v) is 11.5. The molecule has 1 aromatic carbocycles. The third kappa shape index (κ3) is 3.18. The van der Waals surface area contributed by atoms with Crippen molar-refractivity contribution in [2.45, 2.75) is 31.4 Å². The van der Waals surface area contributed by atoms with Gasteiger partial charge in [-0.1, -0.05) is 6.07 Å². The van der Waals surface area contributed by atoms with E-state index in [1.807, 2.05) is 18.2 Å². The fourth-order valence-corrected chi connectivity index (χ4v) is 2.59. The molecular weight excluding hydrogens is 244 g/mol. The molecule has 1 aliphatic heterocycles. The van der Waals surface area contributed by atoms with Gasteiger partial charge < -0.3 is 14.2 Å². The monoisotopic (exact) mass is 266 g/mol. The van der Waals surface area contributed by atoms with Crippen LogP contribution in [0.1, 0.15) is 30.9 Å². The number of ether oxygens (including phenoxy) is 3. The summed E-state index contributed by atoms with van der Waals surface area (Å²) in [6, 6.07) is 5.69. The number of methoxy groups -OCH3 is 2. The number of rotatable bonds is 6. The number of nitrogens with two attached hydrogens (primary N) is 1. The van der Waals surface area contributed by atoms with Gasteiger partial charge >= 0.3 is 0 Å². The van der Waals surface area contributed by atoms with Gasteiger partial charge in [0.15, 0.2) is 0 Å². The SMILES string of the molecule is COc1cccc(OC)c1C(CC1CCCO1)NN. The number of hydrogen-bond donors (Lipinski definition) is 2. The Hall–Kier alpha value is -1.30. The number of benzene rings is 1. The minimum absolute atomic E-state index is 0.0470. The second kappa shape index (κ2) is 6.75. The molecule has 1 aliphatic rings. The maximum Gasteiger partial charge on any atom is 0.127 e. The van der Waals surface area contributed by atoms with Gasteiger partial charge in [-0.25, -0.2) is 0 Å². The molecular formula is C14H22N2O3. The average molecular weight is 266 g/mol. The number of hydrogen-bond acceptors (Lipinski definition) is 5. The van der Waals surface area contributed by atoms with Gasteiger partial charge in [0, 0.05) is 6.61 Å². The summed E-state index contributed by atoms with van der Waals surface area (Å²) in [4.78, 5) is 0. The van der Waals surface area contributed by atoms with Crippen LogP contribution in [0.15, 0.2) is 18.2 Å². The van der Waals surface area contributed by atoms with Crippen molar-refractivity contribution in [3.8, 4) is 11.5 Å². The lowest BCUT2D eigenvalue weighted by molar-refractivity contribution is 0.0940. The lowest BCUT2D eigenvalue weighted by Gasteiger charge is -2.23. The van der Waals surface area contributed by atoms with Crippen molar-refractivity contribution in [1.29, 1.82) is 0 Å². The van der Waals surface area contributed by atoms with E-state index in [2.05, 4.69) is 5.43 Å². The lowest BCUT2D eigenvalue weighted by atomic mass is 9.98. The predicted molar refractivity (Wildman–Crippen MR) is 73.2 cm³/mol. The van der Waals surface area contributed by atoms with Crippen LogP contribution in [0.3, 0.4) is 0 Å². The first-order valence-electron chi connectivity index (χ1n) is 6.58. The number of hydrazine groups is 1. The first kappa shape index (κ1) is 14.1. The highest BCUT2D eigenvalue weighted by molar-refractivity contribution is 5.47. The molecule has 0 spiro atoms. The van der Waals surface area contributed by atoms with Crippen molar-refractivity contribution in [2.75, 3.05) is 20.8 Å². The van der Waals surface area contributed by atoms with Gasteiger partial charge in [0.2, 0.25) is 0 Å². The van der Waals surface area contributed by atoms with Gasteiger partial charge in [-0.3, -0.25) is 11.3 Å². The van der Waals surface area contributed by atoms with E-state index in [1.165, 1.54) is 0 Å². The maximum atomic E-state index is 5.71. The molecule has 0 saturated carbocycles. The van der Waals surface area contributed by atoms with E-state index < -0.39 is 0 Å². The van der Waals surface area contributed by atoms with Gasteiger partial charge in [0.25, 0.3) is 0 Å². The molecule has 19 heavy (non-hydrogen) atoms. The summed E-state index contributed by atoms with van der Waals surface area (Å²) in [6.07, 6.45) is 3.25. The molecule has 2 atom stereocenters. The van der Waals surface area contributed by atoms with Crippen LogP contribution in [0.5, 0.6) is 11.5 Å². The van der Waals surface area contributed by atoms with Gasteiger partial charge in [-0.2, -0.15) is 0 Å². The average Bonchev–Trinajstić information content (AvgIpc) is 2.97. The summed E-state index contributed by atoms with van der Waals surface area (Å²) in [5.74, 6) is 7.27. The molecule has 3 N–H and O–H groups in total. The Morgan fingerprint density at radius 3 is 2.53 bits per heavy atom. The summed E-state index contributed by atoms with van der Waals surface area (Å²) in [6.45, 7) is 0.838. The molecule has 1 aromatic rings. The van der Waals surface area contributed by atoms with Crippen molar-refractivity contribution in [3.63, 3.8) is 0 Å². The van der Waals surface area contributed by atoms with Gasteiger partial charge in [0.05, 0.1) is 31.9 Å². The first-order valence-corrected chi connectivity index (χ1v) is 6.58. The summed E-state index contributed by atoms with van der Waals surface area (Å²) in [5, 5.41) is 0. The van der Waals surface area contributed by atoms with Crippen LogP contribution in [0.2, 0.25) is 0 Å². The second-order valence-electron chi connectivity index (χ2n) is 4.67. The summed E-state index contributed by atoms with van der Waals surface area (Å²) >= 11 is 0. The molecule has 0 aromatic heterocycles. The Morgan fingerprint density at radius 1 is 1.37 bits per heavy atom. The van der Waals surface area contributed by atoms with Crippen molar-refractivity contribution >= 4 is 0 Å². The zero-order chi connectivity index (χ0) is 13.7. The molecule has 0 aliphatic carbocycles. The van der Waals surface area contributed by atoms with Crippen LogP contribution in [0.25, 0.3) is 0 Å². The molecule has 2 unspecified atom stereocenters. The van der Waals surface area contributed by atoms with Crippen molar-refractivity contribution in [3.05, 3.63) is 23.8 Å². The molecule has 5 nitrogen and oxygen atoms in total. The minimum atomic E-state index is -0.0470. The largest absolute Gasteiger partial charge is 0.496 e. The second-order valence-corrected chi connectivity index (χ2v) is 4.67. The van der Waals surface area contributed by atoms with Gasteiger partial charge in [0.1, 0.15) is 11.5 Å². The Morgan fingerprint density at radius 2 is 2.05 bits per heavy atom. The van der Waals surface area contributed by atoms with Crippen molar-refractivity contribution in [2.24, 2.45) is 5.84 Å². The Bertz CT molecular complexity index is 383. The molecule has 0 radical (unpaired) electrons. The lowest BCUT2D eigenvalue weighted by Crippen LogP contribution is -2.31. The molecule has 106 valence electrons. The normalized spacial score (nSPS) is 20.3. The van der Waals surface area contributed by atoms with E-state index in [-0.39, 0.29) is 12.1 Å². The van der Waals surface area contributed by atoms with E-state index in [0.29, 0.717) is 0 Å². The van der Waals surface area contributed by atoms with E-state index in [4.69, 9.17) is 20.1 Å². The molecule has 0 amide bonds. The molecule has 2 rings (SSSR count). The van der Waals surface area contributed by atoms with Crippen LogP contribution >= 0.6 is 0 Å². The molecule has 1 saturated heterocycles. The van der Waals surface area contributed by atoms with E-state index >= 15 is 0 Å². The fourth-order valence-electron chi connectivity index (χ4n) is 2.59. The van der Waals surface area contributed by atoms with Crippen LogP contribution in [-0.2, 0) is 4.74 Å². The van der Waals surface area contributed by atoms with E-state index in [9.17, 15) is 0 Å². The van der Waals surface area contributed by atoms with Crippen molar-refractivity contribution in [1.82, 2.24) is 5.43 Å². The van der Waals surface area contributed by atoms with Crippen molar-refractivity contribution < 1.29 is 14.2 Å². The molecule has 1 fully saturated rings. The van der Waals surface area contributed by atoms with Gasteiger partial charge in [-0.15, -0.1) is 0 Å². The Balaban J connectivity index is 2.24. The van der Waals surface area contributed by atoms with E-state index in [1.54, 1.807) is 14.2 Å². The standard InChI is InChI=1S/C14H22N2O3/c1-17-12-6-3-7-13(18-2)14(12)11(16-15)9-10-5-4-8-19-10/h3,6-7,10-11,16H,4-5,8-9,15H2,1-2H3. The fraction of sp³-hybridized carbons (Fsp3) is 0.571. The highest BCUT2D eigenvalue weighted by Gasteiger charge is 2.25. The van der Waals surface area contributed by atoms with Crippen LogP contribution in [0, 0.1) is 0 Å². The summed E-state index contributed by atoms with van der Waals surface area (Å²) in [7, 11) is 3.30. The van der Waals surface area contributed by atoms with E-state index in [0.717, 1.165) is 42.9 Å². The summed E-state index contributed by atoms with van der Waals surface area (Å²) in [5.41, 5.74) is 3.80. The summed E-state index contributed by atoms with van der Waals surface area (Å²) < 4.78 is 16.5. The topological polar surface area (TPSA) is 65.7 Å². The zero-order valence-electron chi connectivity index (χ0n) is 11.5. The minimum Gasteiger partial charge on any atom is -0.496 e. The highest BCUT2D eigenvalue weighted by atomic mass is 16.5. The van der Waals surface area contributed by atoms with Gasteiger partial charge in [-0.05, 0) is 31.4 Å².